The summed E-state index contributed by atoms with van der Waals surface area (Å²) in [4.78, 5) is 0. The second-order valence-corrected chi connectivity index (χ2v) is 14.6. The molecule has 30 heavy (non-hydrogen) atoms. The molecular formula is C23H38O6Si. The average molecular weight is 439 g/mol. The Morgan fingerprint density at radius 2 is 1.73 bits per heavy atom. The lowest BCUT2D eigenvalue weighted by Crippen LogP contribution is -2.61. The number of ether oxygens (including phenoxy) is 5. The zero-order valence-electron chi connectivity index (χ0n) is 19.4. The van der Waals surface area contributed by atoms with Gasteiger partial charge in [0.2, 0.25) is 0 Å². The molecule has 2 heterocycles. The molecule has 2 saturated heterocycles. The van der Waals surface area contributed by atoms with E-state index in [0.29, 0.717) is 19.8 Å². The zero-order valence-corrected chi connectivity index (χ0v) is 20.4. The third kappa shape index (κ3) is 5.91. The van der Waals surface area contributed by atoms with E-state index in [9.17, 15) is 0 Å². The van der Waals surface area contributed by atoms with Gasteiger partial charge in [0.1, 0.15) is 24.4 Å². The van der Waals surface area contributed by atoms with Crippen LogP contribution < -0.4 is 0 Å². The normalized spacial score (nSPS) is 31.2. The van der Waals surface area contributed by atoms with Gasteiger partial charge in [-0.05, 0) is 37.5 Å². The molecule has 2 aliphatic rings. The molecule has 6 atom stereocenters. The largest absolute Gasteiger partial charge is 0.414 e. The van der Waals surface area contributed by atoms with Crippen LogP contribution in [0, 0.1) is 0 Å². The van der Waals surface area contributed by atoms with Crippen LogP contribution in [-0.4, -0.2) is 58.5 Å². The predicted molar refractivity (Wildman–Crippen MR) is 118 cm³/mol. The number of hydrogen-bond donors (Lipinski definition) is 0. The maximum Gasteiger partial charge on any atom is 0.192 e. The van der Waals surface area contributed by atoms with Gasteiger partial charge in [0.25, 0.3) is 0 Å². The molecule has 1 aromatic rings. The molecule has 0 aromatic heterocycles. The number of hydrogen-bond acceptors (Lipinski definition) is 6. The maximum absolute atomic E-state index is 6.55. The van der Waals surface area contributed by atoms with Crippen LogP contribution in [0.5, 0.6) is 0 Å². The van der Waals surface area contributed by atoms with Crippen LogP contribution in [0.3, 0.4) is 0 Å². The molecule has 0 radical (unpaired) electrons. The molecule has 7 heteroatoms. The van der Waals surface area contributed by atoms with Crippen LogP contribution in [-0.2, 0) is 34.7 Å². The van der Waals surface area contributed by atoms with E-state index in [0.717, 1.165) is 5.56 Å². The molecule has 0 spiro atoms. The Morgan fingerprint density at radius 3 is 2.40 bits per heavy atom. The quantitative estimate of drug-likeness (QED) is 0.585. The SMILES string of the molecule is CC1OC[C@@H]2OC(C)O[C@H]([C@@H](CO[Si](C)(C)C(C)(C)C)OCc3ccccc3)[C@@H]2O1. The van der Waals surface area contributed by atoms with Crippen molar-refractivity contribution < 1.29 is 28.1 Å². The summed E-state index contributed by atoms with van der Waals surface area (Å²) >= 11 is 0. The van der Waals surface area contributed by atoms with Gasteiger partial charge in [-0.3, -0.25) is 0 Å². The highest BCUT2D eigenvalue weighted by Gasteiger charge is 2.47. The van der Waals surface area contributed by atoms with Gasteiger partial charge in [-0.2, -0.15) is 0 Å². The number of rotatable bonds is 7. The van der Waals surface area contributed by atoms with Gasteiger partial charge in [-0.25, -0.2) is 0 Å². The molecule has 2 fully saturated rings. The van der Waals surface area contributed by atoms with E-state index >= 15 is 0 Å². The molecule has 0 saturated carbocycles. The van der Waals surface area contributed by atoms with E-state index in [-0.39, 0.29) is 42.0 Å². The van der Waals surface area contributed by atoms with Gasteiger partial charge >= 0.3 is 0 Å². The highest BCUT2D eigenvalue weighted by molar-refractivity contribution is 6.74. The first-order valence-corrected chi connectivity index (χ1v) is 13.8. The molecule has 1 aromatic carbocycles. The third-order valence-corrected chi connectivity index (χ3v) is 10.8. The molecule has 3 rings (SSSR count). The predicted octanol–water partition coefficient (Wildman–Crippen LogP) is 4.49. The fraction of sp³-hybridized carbons (Fsp3) is 0.739. The summed E-state index contributed by atoms with van der Waals surface area (Å²) in [6.45, 7) is 16.5. The van der Waals surface area contributed by atoms with Crippen molar-refractivity contribution in [2.75, 3.05) is 13.2 Å². The lowest BCUT2D eigenvalue weighted by molar-refractivity contribution is -0.363. The van der Waals surface area contributed by atoms with Crippen molar-refractivity contribution in [3.05, 3.63) is 35.9 Å². The Hall–Kier alpha value is -0.803. The second kappa shape index (κ2) is 9.77. The first-order valence-electron chi connectivity index (χ1n) is 10.9. The van der Waals surface area contributed by atoms with Crippen molar-refractivity contribution >= 4 is 8.32 Å². The Balaban J connectivity index is 1.77. The minimum atomic E-state index is -1.95. The van der Waals surface area contributed by atoms with E-state index in [4.69, 9.17) is 28.1 Å². The highest BCUT2D eigenvalue weighted by atomic mass is 28.4. The van der Waals surface area contributed by atoms with E-state index < -0.39 is 8.32 Å². The Labute approximate surface area is 182 Å². The van der Waals surface area contributed by atoms with Crippen molar-refractivity contribution in [1.82, 2.24) is 0 Å². The van der Waals surface area contributed by atoms with Crippen molar-refractivity contribution in [3.8, 4) is 0 Å². The van der Waals surface area contributed by atoms with Gasteiger partial charge in [0.15, 0.2) is 20.9 Å². The van der Waals surface area contributed by atoms with Crippen LogP contribution in [0.1, 0.15) is 40.2 Å². The van der Waals surface area contributed by atoms with E-state index in [1.165, 1.54) is 0 Å². The Morgan fingerprint density at radius 1 is 1.03 bits per heavy atom. The molecule has 0 N–H and O–H groups in total. The van der Waals surface area contributed by atoms with Crippen LogP contribution >= 0.6 is 0 Å². The van der Waals surface area contributed by atoms with Crippen molar-refractivity contribution in [2.45, 2.75) is 96.4 Å². The van der Waals surface area contributed by atoms with Crippen LogP contribution in [0.25, 0.3) is 0 Å². The van der Waals surface area contributed by atoms with Crippen LogP contribution in [0.2, 0.25) is 18.1 Å². The zero-order chi connectivity index (χ0) is 21.9. The Kier molecular flexibility index (Phi) is 7.77. The summed E-state index contributed by atoms with van der Waals surface area (Å²) in [7, 11) is -1.95. The second-order valence-electron chi connectivity index (χ2n) is 9.75. The molecule has 0 aliphatic carbocycles. The van der Waals surface area contributed by atoms with E-state index in [2.05, 4.69) is 46.0 Å². The first-order chi connectivity index (χ1) is 14.1. The molecule has 6 nitrogen and oxygen atoms in total. The highest BCUT2D eigenvalue weighted by Crippen LogP contribution is 2.37. The summed E-state index contributed by atoms with van der Waals surface area (Å²) < 4.78 is 36.8. The molecule has 2 aliphatic heterocycles. The average Bonchev–Trinajstić information content (AvgIpc) is 2.68. The molecule has 170 valence electrons. The first kappa shape index (κ1) is 23.9. The van der Waals surface area contributed by atoms with Crippen LogP contribution in [0.15, 0.2) is 30.3 Å². The lowest BCUT2D eigenvalue weighted by Gasteiger charge is -2.47. The van der Waals surface area contributed by atoms with Crippen molar-refractivity contribution in [1.29, 1.82) is 0 Å². The third-order valence-electron chi connectivity index (χ3n) is 6.34. The summed E-state index contributed by atoms with van der Waals surface area (Å²) in [5, 5.41) is 0.118. The minimum Gasteiger partial charge on any atom is -0.414 e. The van der Waals surface area contributed by atoms with Gasteiger partial charge in [-0.15, -0.1) is 0 Å². The molecule has 0 amide bonds. The molecular weight excluding hydrogens is 400 g/mol. The Bertz CT molecular complexity index is 661. The summed E-state index contributed by atoms with van der Waals surface area (Å²) in [6, 6.07) is 10.2. The van der Waals surface area contributed by atoms with Gasteiger partial charge < -0.3 is 28.1 Å². The van der Waals surface area contributed by atoms with Gasteiger partial charge in [-0.1, -0.05) is 51.1 Å². The van der Waals surface area contributed by atoms with Gasteiger partial charge in [0, 0.05) is 0 Å². The maximum atomic E-state index is 6.55. The van der Waals surface area contributed by atoms with Gasteiger partial charge in [0.05, 0.1) is 19.8 Å². The topological polar surface area (TPSA) is 55.4 Å². The fourth-order valence-corrected chi connectivity index (χ4v) is 4.49. The number of benzene rings is 1. The standard InChI is InChI=1S/C23H38O6Si/c1-16-24-14-20-22(28-16)21(29-17(2)27-20)19(15-26-30(6,7)23(3,4)5)25-13-18-11-9-8-10-12-18/h8-12,16-17,19-22H,13-15H2,1-7H3/t16?,17?,19-,20+,21-,22-/m1/s1. The lowest BCUT2D eigenvalue weighted by atomic mass is 10.0. The summed E-state index contributed by atoms with van der Waals surface area (Å²) in [5.74, 6) is 0. The van der Waals surface area contributed by atoms with E-state index in [1.807, 2.05) is 32.0 Å². The van der Waals surface area contributed by atoms with Crippen molar-refractivity contribution in [3.63, 3.8) is 0 Å². The molecule has 2 unspecified atom stereocenters. The summed E-state index contributed by atoms with van der Waals surface area (Å²) in [6.07, 6.45) is -1.65. The smallest absolute Gasteiger partial charge is 0.192 e. The monoisotopic (exact) mass is 438 g/mol. The molecule has 0 bridgehead atoms. The summed E-state index contributed by atoms with van der Waals surface area (Å²) in [5.41, 5.74) is 1.12. The van der Waals surface area contributed by atoms with Crippen LogP contribution in [0.4, 0.5) is 0 Å². The minimum absolute atomic E-state index is 0.118. The van der Waals surface area contributed by atoms with E-state index in [1.54, 1.807) is 0 Å². The number of fused-ring (bicyclic) bond motifs is 1. The van der Waals surface area contributed by atoms with Crippen molar-refractivity contribution in [2.24, 2.45) is 0 Å². The fourth-order valence-electron chi connectivity index (χ4n) is 3.48.